The summed E-state index contributed by atoms with van der Waals surface area (Å²) in [6.07, 6.45) is 4.31. The quantitative estimate of drug-likeness (QED) is 0.757. The van der Waals surface area contributed by atoms with Crippen molar-refractivity contribution in [3.05, 3.63) is 0 Å². The van der Waals surface area contributed by atoms with Crippen LogP contribution in [0.2, 0.25) is 0 Å². The highest BCUT2D eigenvalue weighted by Gasteiger charge is 2.35. The molecule has 16 heavy (non-hydrogen) atoms. The van der Waals surface area contributed by atoms with Gasteiger partial charge < -0.3 is 15.1 Å². The van der Waals surface area contributed by atoms with Gasteiger partial charge in [-0.25, -0.2) is 0 Å². The molecule has 3 rings (SSSR count). The Kier molecular flexibility index (Phi) is 3.46. The van der Waals surface area contributed by atoms with Crippen molar-refractivity contribution in [2.75, 3.05) is 52.4 Å². The zero-order valence-corrected chi connectivity index (χ0v) is 10.3. The molecule has 3 aliphatic rings. The van der Waals surface area contributed by atoms with Crippen molar-refractivity contribution < 1.29 is 0 Å². The SMILES string of the molecule is C1CCN(CCN2C[C@H]3CNC[C@H]3C2)CC1. The highest BCUT2D eigenvalue weighted by Crippen LogP contribution is 2.25. The minimum absolute atomic E-state index is 0.960. The first-order valence-electron chi connectivity index (χ1n) is 7.07. The summed E-state index contributed by atoms with van der Waals surface area (Å²) < 4.78 is 0. The van der Waals surface area contributed by atoms with Crippen LogP contribution in [0.15, 0.2) is 0 Å². The molecule has 0 spiro atoms. The molecule has 2 atom stereocenters. The van der Waals surface area contributed by atoms with Crippen molar-refractivity contribution in [1.82, 2.24) is 15.1 Å². The summed E-state index contributed by atoms with van der Waals surface area (Å²) in [6, 6.07) is 0. The van der Waals surface area contributed by atoms with E-state index in [0.717, 1.165) is 11.8 Å². The molecular weight excluding hydrogens is 198 g/mol. The molecule has 0 bridgehead atoms. The van der Waals surface area contributed by atoms with Crippen LogP contribution in [-0.4, -0.2) is 62.2 Å². The minimum Gasteiger partial charge on any atom is -0.316 e. The molecule has 0 amide bonds. The van der Waals surface area contributed by atoms with E-state index in [4.69, 9.17) is 0 Å². The largest absolute Gasteiger partial charge is 0.316 e. The number of hydrogen-bond acceptors (Lipinski definition) is 3. The molecule has 0 aliphatic carbocycles. The van der Waals surface area contributed by atoms with Crippen molar-refractivity contribution in [2.24, 2.45) is 11.8 Å². The Bertz CT molecular complexity index is 213. The van der Waals surface area contributed by atoms with Gasteiger partial charge in [-0.2, -0.15) is 0 Å². The first-order chi connectivity index (χ1) is 7.92. The van der Waals surface area contributed by atoms with Crippen LogP contribution in [0.25, 0.3) is 0 Å². The molecule has 92 valence electrons. The number of nitrogens with zero attached hydrogens (tertiary/aromatic N) is 2. The first kappa shape index (κ1) is 11.0. The molecule has 0 aromatic rings. The van der Waals surface area contributed by atoms with E-state index in [1.54, 1.807) is 0 Å². The second-order valence-corrected chi connectivity index (χ2v) is 5.84. The molecule has 3 heterocycles. The van der Waals surface area contributed by atoms with Crippen LogP contribution in [0.1, 0.15) is 19.3 Å². The third-order valence-corrected chi connectivity index (χ3v) is 4.65. The average molecular weight is 223 g/mol. The van der Waals surface area contributed by atoms with Crippen LogP contribution in [-0.2, 0) is 0 Å². The predicted molar refractivity (Wildman–Crippen MR) is 66.6 cm³/mol. The van der Waals surface area contributed by atoms with Crippen molar-refractivity contribution in [2.45, 2.75) is 19.3 Å². The van der Waals surface area contributed by atoms with Crippen molar-refractivity contribution in [3.63, 3.8) is 0 Å². The van der Waals surface area contributed by atoms with E-state index >= 15 is 0 Å². The highest BCUT2D eigenvalue weighted by atomic mass is 15.2. The molecule has 0 saturated carbocycles. The standard InChI is InChI=1S/C13H25N3/c1-2-4-15(5-3-1)6-7-16-10-12-8-14-9-13(12)11-16/h12-14H,1-11H2/t12-,13+. The van der Waals surface area contributed by atoms with Gasteiger partial charge in [0.25, 0.3) is 0 Å². The van der Waals surface area contributed by atoms with Crippen LogP contribution < -0.4 is 5.32 Å². The number of hydrogen-bond donors (Lipinski definition) is 1. The summed E-state index contributed by atoms with van der Waals surface area (Å²) >= 11 is 0. The Morgan fingerprint density at radius 2 is 1.44 bits per heavy atom. The van der Waals surface area contributed by atoms with E-state index < -0.39 is 0 Å². The van der Waals surface area contributed by atoms with Gasteiger partial charge in [0, 0.05) is 26.2 Å². The lowest BCUT2D eigenvalue weighted by Gasteiger charge is -2.28. The van der Waals surface area contributed by atoms with Gasteiger partial charge in [-0.05, 0) is 50.9 Å². The molecular formula is C13H25N3. The molecule has 3 heteroatoms. The van der Waals surface area contributed by atoms with Gasteiger partial charge >= 0.3 is 0 Å². The van der Waals surface area contributed by atoms with Gasteiger partial charge in [0.05, 0.1) is 0 Å². The molecule has 3 fully saturated rings. The van der Waals surface area contributed by atoms with E-state index in [1.807, 2.05) is 0 Å². The fourth-order valence-electron chi connectivity index (χ4n) is 3.60. The van der Waals surface area contributed by atoms with E-state index in [-0.39, 0.29) is 0 Å². The molecule has 3 aliphatic heterocycles. The van der Waals surface area contributed by atoms with Crippen LogP contribution in [0.5, 0.6) is 0 Å². The first-order valence-corrected chi connectivity index (χ1v) is 7.07. The van der Waals surface area contributed by atoms with Crippen LogP contribution in [0.4, 0.5) is 0 Å². The Hall–Kier alpha value is -0.120. The number of nitrogens with one attached hydrogen (secondary N) is 1. The second kappa shape index (κ2) is 5.03. The third-order valence-electron chi connectivity index (χ3n) is 4.65. The maximum atomic E-state index is 3.51. The second-order valence-electron chi connectivity index (χ2n) is 5.84. The van der Waals surface area contributed by atoms with Crippen molar-refractivity contribution >= 4 is 0 Å². The number of piperidine rings is 1. The van der Waals surface area contributed by atoms with Gasteiger partial charge in [0.15, 0.2) is 0 Å². The Balaban J connectivity index is 1.39. The number of fused-ring (bicyclic) bond motifs is 1. The van der Waals surface area contributed by atoms with Crippen LogP contribution in [0.3, 0.4) is 0 Å². The lowest BCUT2D eigenvalue weighted by molar-refractivity contribution is 0.192. The van der Waals surface area contributed by atoms with Crippen molar-refractivity contribution in [1.29, 1.82) is 0 Å². The Labute approximate surface area is 99.2 Å². The lowest BCUT2D eigenvalue weighted by atomic mass is 10.0. The van der Waals surface area contributed by atoms with E-state index in [1.165, 1.54) is 71.6 Å². The summed E-state index contributed by atoms with van der Waals surface area (Å²) in [5.74, 6) is 1.92. The smallest absolute Gasteiger partial charge is 0.0110 e. The molecule has 0 aromatic carbocycles. The number of rotatable bonds is 3. The van der Waals surface area contributed by atoms with Gasteiger partial charge in [-0.15, -0.1) is 0 Å². The minimum atomic E-state index is 0.960. The zero-order valence-electron chi connectivity index (χ0n) is 10.3. The van der Waals surface area contributed by atoms with Crippen LogP contribution in [0, 0.1) is 11.8 Å². The molecule has 0 radical (unpaired) electrons. The molecule has 3 nitrogen and oxygen atoms in total. The summed E-state index contributed by atoms with van der Waals surface area (Å²) in [4.78, 5) is 5.36. The molecule has 0 aromatic heterocycles. The van der Waals surface area contributed by atoms with Gasteiger partial charge in [-0.3, -0.25) is 0 Å². The van der Waals surface area contributed by atoms with Gasteiger partial charge in [-0.1, -0.05) is 6.42 Å². The maximum Gasteiger partial charge on any atom is 0.0110 e. The summed E-state index contributed by atoms with van der Waals surface area (Å²) in [5, 5.41) is 3.51. The monoisotopic (exact) mass is 223 g/mol. The Morgan fingerprint density at radius 1 is 0.812 bits per heavy atom. The molecule has 3 saturated heterocycles. The van der Waals surface area contributed by atoms with E-state index in [9.17, 15) is 0 Å². The topological polar surface area (TPSA) is 18.5 Å². The Morgan fingerprint density at radius 3 is 2.12 bits per heavy atom. The molecule has 1 N–H and O–H groups in total. The summed E-state index contributed by atoms with van der Waals surface area (Å²) in [5.41, 5.74) is 0. The maximum absolute atomic E-state index is 3.51. The van der Waals surface area contributed by atoms with Gasteiger partial charge in [0.1, 0.15) is 0 Å². The van der Waals surface area contributed by atoms with Gasteiger partial charge in [0.2, 0.25) is 0 Å². The lowest BCUT2D eigenvalue weighted by Crippen LogP contribution is -2.38. The molecule has 0 unspecified atom stereocenters. The van der Waals surface area contributed by atoms with E-state index in [2.05, 4.69) is 15.1 Å². The number of likely N-dealkylation sites (tertiary alicyclic amines) is 2. The summed E-state index contributed by atoms with van der Waals surface area (Å²) in [6.45, 7) is 10.6. The third kappa shape index (κ3) is 2.41. The summed E-state index contributed by atoms with van der Waals surface area (Å²) in [7, 11) is 0. The van der Waals surface area contributed by atoms with Crippen LogP contribution >= 0.6 is 0 Å². The van der Waals surface area contributed by atoms with E-state index in [0.29, 0.717) is 0 Å². The van der Waals surface area contributed by atoms with Crippen molar-refractivity contribution in [3.8, 4) is 0 Å². The predicted octanol–water partition coefficient (Wildman–Crippen LogP) is 0.624. The highest BCUT2D eigenvalue weighted by molar-refractivity contribution is 4.91. The normalized spacial score (nSPS) is 36.8. The zero-order chi connectivity index (χ0) is 10.8. The average Bonchev–Trinajstić information content (AvgIpc) is 2.88. The fraction of sp³-hybridized carbons (Fsp3) is 1.00. The fourth-order valence-corrected chi connectivity index (χ4v) is 3.60.